The van der Waals surface area contributed by atoms with Gasteiger partial charge in [-0.3, -0.25) is 19.0 Å². The summed E-state index contributed by atoms with van der Waals surface area (Å²) in [6.45, 7) is 1.92. The summed E-state index contributed by atoms with van der Waals surface area (Å²) < 4.78 is 1.35. The number of halogens is 1. The highest BCUT2D eigenvalue weighted by Crippen LogP contribution is 2.31. The van der Waals surface area contributed by atoms with Gasteiger partial charge in [-0.2, -0.15) is 0 Å². The highest BCUT2D eigenvalue weighted by atomic mass is 35.5. The number of aromatic nitrogens is 2. The van der Waals surface area contributed by atoms with E-state index in [-0.39, 0.29) is 23.8 Å². The summed E-state index contributed by atoms with van der Waals surface area (Å²) >= 11 is 7.37. The molecule has 0 saturated heterocycles. The summed E-state index contributed by atoms with van der Waals surface area (Å²) in [5.74, 6) is -0.248. The summed E-state index contributed by atoms with van der Waals surface area (Å²) in [6.07, 6.45) is 2.10. The van der Waals surface area contributed by atoms with Gasteiger partial charge in [-0.1, -0.05) is 48.0 Å². The molecule has 0 bridgehead atoms. The number of amides is 1. The predicted molar refractivity (Wildman–Crippen MR) is 127 cm³/mol. The van der Waals surface area contributed by atoms with Crippen molar-refractivity contribution in [2.24, 2.45) is 0 Å². The molecule has 0 unspecified atom stereocenters. The summed E-state index contributed by atoms with van der Waals surface area (Å²) in [6, 6.07) is 14.5. The second-order valence-corrected chi connectivity index (χ2v) is 8.66. The Hall–Kier alpha value is -3.29. The Morgan fingerprint density at radius 3 is 2.50 bits per heavy atom. The molecule has 4 aromatic rings. The minimum Gasteiger partial charge on any atom is -0.356 e. The third kappa shape index (κ3) is 4.79. The fraction of sp³-hybridized carbons (Fsp3) is 0.167. The number of carbonyl (C=O) groups excluding carboxylic acids is 2. The van der Waals surface area contributed by atoms with Gasteiger partial charge in [0.25, 0.3) is 5.56 Å². The van der Waals surface area contributed by atoms with Gasteiger partial charge >= 0.3 is 0 Å². The molecule has 1 amide bonds. The van der Waals surface area contributed by atoms with E-state index in [0.717, 1.165) is 16.7 Å². The van der Waals surface area contributed by atoms with E-state index in [0.29, 0.717) is 33.8 Å². The maximum Gasteiger partial charge on any atom is 0.263 e. The van der Waals surface area contributed by atoms with Crippen LogP contribution in [0, 0.1) is 0 Å². The average Bonchev–Trinajstić information content (AvgIpc) is 3.21. The molecule has 0 fully saturated rings. The van der Waals surface area contributed by atoms with E-state index >= 15 is 0 Å². The van der Waals surface area contributed by atoms with Crippen molar-refractivity contribution in [3.63, 3.8) is 0 Å². The monoisotopic (exact) mass is 465 g/mol. The van der Waals surface area contributed by atoms with E-state index in [2.05, 4.69) is 10.3 Å². The van der Waals surface area contributed by atoms with Gasteiger partial charge in [-0.05, 0) is 29.7 Å². The summed E-state index contributed by atoms with van der Waals surface area (Å²) in [5.41, 5.74) is 2.94. The van der Waals surface area contributed by atoms with Gasteiger partial charge in [0.05, 0.1) is 18.3 Å². The number of thiophene rings is 1. The first-order valence-electron chi connectivity index (χ1n) is 10.0. The maximum absolute atomic E-state index is 13.2. The Bertz CT molecular complexity index is 1340. The predicted octanol–water partition coefficient (Wildman–Crippen LogP) is 4.34. The van der Waals surface area contributed by atoms with Crippen LogP contribution in [0.5, 0.6) is 0 Å². The first-order chi connectivity index (χ1) is 15.4. The van der Waals surface area contributed by atoms with Gasteiger partial charge in [0.15, 0.2) is 5.78 Å². The number of hydrogen-bond acceptors (Lipinski definition) is 5. The van der Waals surface area contributed by atoms with Gasteiger partial charge in [0.2, 0.25) is 5.91 Å². The quantitative estimate of drug-likeness (QED) is 0.412. The fourth-order valence-corrected chi connectivity index (χ4v) is 4.44. The molecule has 0 spiro atoms. The van der Waals surface area contributed by atoms with Crippen LogP contribution in [0.4, 0.5) is 0 Å². The molecule has 2 heterocycles. The lowest BCUT2D eigenvalue weighted by molar-refractivity contribution is -0.118. The molecule has 6 nitrogen and oxygen atoms in total. The van der Waals surface area contributed by atoms with Gasteiger partial charge in [0.1, 0.15) is 4.83 Å². The molecule has 0 aliphatic carbocycles. The number of nitrogens with one attached hydrogen (secondary N) is 1. The first-order valence-corrected chi connectivity index (χ1v) is 11.3. The highest BCUT2D eigenvalue weighted by molar-refractivity contribution is 7.17. The SMILES string of the molecule is CC(=O)NCCc1ccc(C(=O)Cn2cnc3scc(-c4ccc(Cl)cc4)c3c2=O)cc1. The summed E-state index contributed by atoms with van der Waals surface area (Å²) in [5, 5.41) is 5.76. The van der Waals surface area contributed by atoms with Crippen molar-refractivity contribution >= 4 is 44.8 Å². The zero-order valence-electron chi connectivity index (χ0n) is 17.3. The van der Waals surface area contributed by atoms with Gasteiger partial charge in [-0.15, -0.1) is 11.3 Å². The van der Waals surface area contributed by atoms with Gasteiger partial charge in [-0.25, -0.2) is 4.98 Å². The lowest BCUT2D eigenvalue weighted by Crippen LogP contribution is -2.24. The van der Waals surface area contributed by atoms with E-state index in [1.165, 1.54) is 29.2 Å². The fourth-order valence-electron chi connectivity index (χ4n) is 3.41. The molecule has 0 saturated carbocycles. The Morgan fingerprint density at radius 2 is 1.81 bits per heavy atom. The first kappa shape index (κ1) is 21.9. The number of nitrogens with zero attached hydrogens (tertiary/aromatic N) is 2. The van der Waals surface area contributed by atoms with Crippen LogP contribution in [0.3, 0.4) is 0 Å². The normalized spacial score (nSPS) is 10.9. The molecule has 1 N–H and O–H groups in total. The Kier molecular flexibility index (Phi) is 6.48. The highest BCUT2D eigenvalue weighted by Gasteiger charge is 2.15. The van der Waals surface area contributed by atoms with E-state index < -0.39 is 0 Å². The van der Waals surface area contributed by atoms with Crippen LogP contribution in [-0.2, 0) is 17.8 Å². The second kappa shape index (κ2) is 9.46. The standard InChI is InChI=1S/C24H20ClN3O3S/c1-15(29)26-11-10-16-2-4-18(5-3-16)21(30)12-28-14-27-23-22(24(28)31)20(13-32-23)17-6-8-19(25)9-7-17/h2-9,13-14H,10-12H2,1H3,(H,26,29). The number of ketones is 1. The largest absolute Gasteiger partial charge is 0.356 e. The Morgan fingerprint density at radius 1 is 1.09 bits per heavy atom. The third-order valence-electron chi connectivity index (χ3n) is 5.09. The number of fused-ring (bicyclic) bond motifs is 1. The summed E-state index contributed by atoms with van der Waals surface area (Å²) in [7, 11) is 0. The van der Waals surface area contributed by atoms with Crippen molar-refractivity contribution in [1.29, 1.82) is 0 Å². The average molecular weight is 466 g/mol. The zero-order valence-corrected chi connectivity index (χ0v) is 18.9. The van der Waals surface area contributed by atoms with Crippen LogP contribution in [0.15, 0.2) is 65.0 Å². The van der Waals surface area contributed by atoms with Crippen molar-refractivity contribution in [3.8, 4) is 11.1 Å². The lowest BCUT2D eigenvalue weighted by Gasteiger charge is -2.07. The van der Waals surface area contributed by atoms with E-state index in [1.54, 1.807) is 24.3 Å². The summed E-state index contributed by atoms with van der Waals surface area (Å²) in [4.78, 5) is 41.9. The van der Waals surface area contributed by atoms with E-state index in [1.807, 2.05) is 29.6 Å². The van der Waals surface area contributed by atoms with Crippen molar-refractivity contribution < 1.29 is 9.59 Å². The van der Waals surface area contributed by atoms with Crippen molar-refractivity contribution in [2.75, 3.05) is 6.54 Å². The molecule has 8 heteroatoms. The van der Waals surface area contributed by atoms with Crippen LogP contribution < -0.4 is 10.9 Å². The number of Topliss-reactive ketones (excluding diaryl/α,β-unsaturated/α-hetero) is 1. The molecular weight excluding hydrogens is 446 g/mol. The lowest BCUT2D eigenvalue weighted by atomic mass is 10.1. The molecule has 0 aliphatic heterocycles. The van der Waals surface area contributed by atoms with Crippen LogP contribution in [0.25, 0.3) is 21.3 Å². The minimum atomic E-state index is -0.249. The number of benzene rings is 2. The smallest absolute Gasteiger partial charge is 0.263 e. The molecule has 0 radical (unpaired) electrons. The second-order valence-electron chi connectivity index (χ2n) is 7.37. The van der Waals surface area contributed by atoms with Crippen LogP contribution in [-0.4, -0.2) is 27.8 Å². The van der Waals surface area contributed by atoms with Crippen molar-refractivity contribution in [2.45, 2.75) is 19.9 Å². The van der Waals surface area contributed by atoms with Crippen molar-refractivity contribution in [1.82, 2.24) is 14.9 Å². The zero-order chi connectivity index (χ0) is 22.7. The van der Waals surface area contributed by atoms with Crippen LogP contribution >= 0.6 is 22.9 Å². The Labute approximate surface area is 193 Å². The maximum atomic E-state index is 13.2. The molecule has 2 aromatic carbocycles. The van der Waals surface area contributed by atoms with Gasteiger partial charge < -0.3 is 5.32 Å². The van der Waals surface area contributed by atoms with E-state index in [4.69, 9.17) is 11.6 Å². The molecule has 4 rings (SSSR count). The third-order valence-corrected chi connectivity index (χ3v) is 6.23. The molecule has 162 valence electrons. The molecule has 0 aliphatic rings. The number of hydrogen-bond donors (Lipinski definition) is 1. The molecule has 32 heavy (non-hydrogen) atoms. The molecular formula is C24H20ClN3O3S. The van der Waals surface area contributed by atoms with Crippen LogP contribution in [0.1, 0.15) is 22.8 Å². The van der Waals surface area contributed by atoms with E-state index in [9.17, 15) is 14.4 Å². The van der Waals surface area contributed by atoms with Crippen LogP contribution in [0.2, 0.25) is 5.02 Å². The number of rotatable bonds is 7. The van der Waals surface area contributed by atoms with Crippen molar-refractivity contribution in [3.05, 3.63) is 86.7 Å². The van der Waals surface area contributed by atoms with Gasteiger partial charge in [0, 0.05) is 35.0 Å². The molecule has 0 atom stereocenters. The Balaban J connectivity index is 1.55. The molecule has 2 aromatic heterocycles. The topological polar surface area (TPSA) is 81.1 Å². The number of carbonyl (C=O) groups is 2. The minimum absolute atomic E-state index is 0.0716.